The summed E-state index contributed by atoms with van der Waals surface area (Å²) in [5, 5.41) is 8.64. The van der Waals surface area contributed by atoms with Crippen LogP contribution < -0.4 is 4.90 Å². The Morgan fingerprint density at radius 1 is 1.27 bits per heavy atom. The molecule has 1 N–H and O–H groups in total. The molecular weight excluding hydrogens is 186 g/mol. The zero-order valence-electron chi connectivity index (χ0n) is 9.70. The lowest BCUT2D eigenvalue weighted by atomic mass is 10.1. The second-order valence-electron chi connectivity index (χ2n) is 3.82. The zero-order valence-corrected chi connectivity index (χ0v) is 9.70. The summed E-state index contributed by atoms with van der Waals surface area (Å²) < 4.78 is 0. The molecule has 1 aromatic carbocycles. The third-order valence-corrected chi connectivity index (χ3v) is 2.41. The van der Waals surface area contributed by atoms with Gasteiger partial charge in [-0.3, -0.25) is 0 Å². The number of aliphatic hydroxyl groups excluding tert-OH is 1. The molecule has 0 bridgehead atoms. The van der Waals surface area contributed by atoms with Crippen LogP contribution in [-0.4, -0.2) is 25.3 Å². The molecular formula is C13H19NO. The quantitative estimate of drug-likeness (QED) is 0.762. The number of likely N-dealkylation sites (N-methyl/N-ethyl adjacent to an activating group) is 1. The molecule has 0 unspecified atom stereocenters. The Morgan fingerprint density at radius 3 is 2.60 bits per heavy atom. The Bertz CT molecular complexity index is 344. The highest BCUT2D eigenvalue weighted by molar-refractivity contribution is 5.54. The molecule has 15 heavy (non-hydrogen) atoms. The molecule has 1 aromatic rings. The third-order valence-electron chi connectivity index (χ3n) is 2.41. The van der Waals surface area contributed by atoms with E-state index in [-0.39, 0.29) is 6.61 Å². The maximum Gasteiger partial charge on any atom is 0.0613 e. The fraction of sp³-hybridized carbons (Fsp3) is 0.385. The van der Waals surface area contributed by atoms with Gasteiger partial charge in [-0.2, -0.15) is 0 Å². The van der Waals surface area contributed by atoms with Crippen molar-refractivity contribution in [2.75, 3.05) is 25.1 Å². The lowest BCUT2D eigenvalue weighted by Gasteiger charge is -2.20. The van der Waals surface area contributed by atoms with Crippen LogP contribution >= 0.6 is 0 Å². The van der Waals surface area contributed by atoms with Gasteiger partial charge in [-0.25, -0.2) is 0 Å². The summed E-state index contributed by atoms with van der Waals surface area (Å²) in [7, 11) is 2.05. The summed E-state index contributed by atoms with van der Waals surface area (Å²) in [4.78, 5) is 2.17. The highest BCUT2D eigenvalue weighted by Gasteiger charge is 2.02. The van der Waals surface area contributed by atoms with E-state index in [1.807, 2.05) is 6.08 Å². The van der Waals surface area contributed by atoms with Gasteiger partial charge in [0.15, 0.2) is 0 Å². The first kappa shape index (κ1) is 11.8. The molecule has 2 nitrogen and oxygen atoms in total. The van der Waals surface area contributed by atoms with Crippen molar-refractivity contribution in [2.45, 2.75) is 13.8 Å². The predicted octanol–water partition coefficient (Wildman–Crippen LogP) is 2.29. The number of hydrogen-bond acceptors (Lipinski definition) is 2. The van der Waals surface area contributed by atoms with E-state index in [1.54, 1.807) is 6.08 Å². The van der Waals surface area contributed by atoms with Gasteiger partial charge in [-0.1, -0.05) is 29.8 Å². The van der Waals surface area contributed by atoms with Crippen molar-refractivity contribution in [1.29, 1.82) is 0 Å². The van der Waals surface area contributed by atoms with Crippen LogP contribution in [0.3, 0.4) is 0 Å². The minimum atomic E-state index is 0.112. The third kappa shape index (κ3) is 3.40. The molecule has 0 aliphatic heterocycles. The summed E-state index contributed by atoms with van der Waals surface area (Å²) in [6.45, 7) is 5.15. The molecule has 0 saturated heterocycles. The van der Waals surface area contributed by atoms with Crippen LogP contribution in [0.2, 0.25) is 0 Å². The maximum absolute atomic E-state index is 8.64. The first-order chi connectivity index (χ1) is 7.15. The van der Waals surface area contributed by atoms with Crippen LogP contribution in [0.25, 0.3) is 0 Å². The Kier molecular flexibility index (Phi) is 4.37. The highest BCUT2D eigenvalue weighted by atomic mass is 16.2. The van der Waals surface area contributed by atoms with Crippen LogP contribution in [0.15, 0.2) is 30.4 Å². The van der Waals surface area contributed by atoms with Gasteiger partial charge >= 0.3 is 0 Å². The second kappa shape index (κ2) is 5.56. The maximum atomic E-state index is 8.64. The van der Waals surface area contributed by atoms with Gasteiger partial charge in [0.05, 0.1) is 6.61 Å². The Labute approximate surface area is 91.9 Å². The average Bonchev–Trinajstić information content (AvgIpc) is 2.17. The normalized spacial score (nSPS) is 10.9. The largest absolute Gasteiger partial charge is 0.392 e. The number of benzene rings is 1. The summed E-state index contributed by atoms with van der Waals surface area (Å²) in [6.07, 6.45) is 3.74. The molecule has 0 spiro atoms. The van der Waals surface area contributed by atoms with Gasteiger partial charge in [0.2, 0.25) is 0 Å². The van der Waals surface area contributed by atoms with E-state index in [0.717, 1.165) is 6.54 Å². The Morgan fingerprint density at radius 2 is 2.00 bits per heavy atom. The number of anilines is 1. The van der Waals surface area contributed by atoms with Crippen molar-refractivity contribution < 1.29 is 5.11 Å². The van der Waals surface area contributed by atoms with Gasteiger partial charge in [0, 0.05) is 19.3 Å². The average molecular weight is 205 g/mol. The zero-order chi connectivity index (χ0) is 11.3. The summed E-state index contributed by atoms with van der Waals surface area (Å²) in [5.74, 6) is 0. The summed E-state index contributed by atoms with van der Waals surface area (Å²) in [6, 6.07) is 6.44. The van der Waals surface area contributed by atoms with Crippen molar-refractivity contribution in [3.05, 3.63) is 41.5 Å². The van der Waals surface area contributed by atoms with Gasteiger partial charge in [0.25, 0.3) is 0 Å². The second-order valence-corrected chi connectivity index (χ2v) is 3.82. The van der Waals surface area contributed by atoms with E-state index in [9.17, 15) is 0 Å². The van der Waals surface area contributed by atoms with Crippen LogP contribution in [0, 0.1) is 13.8 Å². The smallest absolute Gasteiger partial charge is 0.0613 e. The first-order valence-corrected chi connectivity index (χ1v) is 5.19. The van der Waals surface area contributed by atoms with Crippen LogP contribution in [0.1, 0.15) is 11.1 Å². The predicted molar refractivity (Wildman–Crippen MR) is 65.4 cm³/mol. The monoisotopic (exact) mass is 205 g/mol. The molecule has 0 atom stereocenters. The topological polar surface area (TPSA) is 23.5 Å². The molecule has 82 valence electrons. The molecule has 0 fully saturated rings. The van der Waals surface area contributed by atoms with Crippen molar-refractivity contribution in [3.63, 3.8) is 0 Å². The molecule has 1 rings (SSSR count). The Balaban J connectivity index is 2.73. The summed E-state index contributed by atoms with van der Waals surface area (Å²) >= 11 is 0. The number of aliphatic hydroxyl groups is 1. The van der Waals surface area contributed by atoms with Gasteiger partial charge in [-0.15, -0.1) is 0 Å². The minimum absolute atomic E-state index is 0.112. The Hall–Kier alpha value is -1.28. The molecule has 0 aromatic heterocycles. The summed E-state index contributed by atoms with van der Waals surface area (Å²) in [5.41, 5.74) is 3.81. The van der Waals surface area contributed by atoms with E-state index in [0.29, 0.717) is 0 Å². The van der Waals surface area contributed by atoms with E-state index < -0.39 is 0 Å². The number of aryl methyl sites for hydroxylation is 2. The van der Waals surface area contributed by atoms with Gasteiger partial charge < -0.3 is 10.0 Å². The lowest BCUT2D eigenvalue weighted by Crippen LogP contribution is -2.17. The fourth-order valence-corrected chi connectivity index (χ4v) is 1.64. The number of nitrogens with zero attached hydrogens (tertiary/aromatic N) is 1. The molecule has 0 aliphatic rings. The minimum Gasteiger partial charge on any atom is -0.392 e. The molecule has 0 aliphatic carbocycles. The van der Waals surface area contributed by atoms with Crippen molar-refractivity contribution in [1.82, 2.24) is 0 Å². The van der Waals surface area contributed by atoms with E-state index in [4.69, 9.17) is 5.11 Å². The molecule has 0 radical (unpaired) electrons. The molecule has 0 heterocycles. The standard InChI is InChI=1S/C13H19NO/c1-11-6-7-13(12(2)10-11)14(3)8-4-5-9-15/h4-7,10,15H,8-9H2,1-3H3/b5-4+. The van der Waals surface area contributed by atoms with Gasteiger partial charge in [-0.05, 0) is 25.5 Å². The van der Waals surface area contributed by atoms with Gasteiger partial charge in [0.1, 0.15) is 0 Å². The molecule has 0 amide bonds. The van der Waals surface area contributed by atoms with Crippen molar-refractivity contribution >= 4 is 5.69 Å². The van der Waals surface area contributed by atoms with Crippen molar-refractivity contribution in [2.24, 2.45) is 0 Å². The van der Waals surface area contributed by atoms with E-state index in [1.165, 1.54) is 16.8 Å². The lowest BCUT2D eigenvalue weighted by molar-refractivity contribution is 0.342. The molecule has 0 saturated carbocycles. The van der Waals surface area contributed by atoms with Crippen LogP contribution in [0.4, 0.5) is 5.69 Å². The van der Waals surface area contributed by atoms with E-state index in [2.05, 4.69) is 44.0 Å². The highest BCUT2D eigenvalue weighted by Crippen LogP contribution is 2.19. The SMILES string of the molecule is Cc1ccc(N(C)C/C=C/CO)c(C)c1. The van der Waals surface area contributed by atoms with Crippen LogP contribution in [0.5, 0.6) is 0 Å². The number of rotatable bonds is 4. The first-order valence-electron chi connectivity index (χ1n) is 5.19. The van der Waals surface area contributed by atoms with Crippen LogP contribution in [-0.2, 0) is 0 Å². The van der Waals surface area contributed by atoms with E-state index >= 15 is 0 Å². The molecule has 2 heteroatoms. The number of hydrogen-bond donors (Lipinski definition) is 1. The fourth-order valence-electron chi connectivity index (χ4n) is 1.64. The van der Waals surface area contributed by atoms with Crippen molar-refractivity contribution in [3.8, 4) is 0 Å².